The van der Waals surface area contributed by atoms with Crippen molar-refractivity contribution in [1.29, 1.82) is 0 Å². The molecule has 1 saturated carbocycles. The zero-order valence-electron chi connectivity index (χ0n) is 14.8. The molecule has 1 aliphatic heterocycles. The second-order valence-corrected chi connectivity index (χ2v) is 7.33. The van der Waals surface area contributed by atoms with Crippen molar-refractivity contribution in [2.24, 2.45) is 5.92 Å². The number of fused-ring (bicyclic) bond motifs is 1. The van der Waals surface area contributed by atoms with E-state index in [4.69, 9.17) is 4.42 Å². The first kappa shape index (κ1) is 17.7. The Hall–Kier alpha value is -2.70. The van der Waals surface area contributed by atoms with Crippen LogP contribution in [0, 0.1) is 11.7 Å². The maximum atomic E-state index is 13.0. The highest BCUT2D eigenvalue weighted by Gasteiger charge is 2.47. The average Bonchev–Trinajstić information content (AvgIpc) is 3.27. The lowest BCUT2D eigenvalue weighted by Crippen LogP contribution is -2.46. The average molecular weight is 372 g/mol. The van der Waals surface area contributed by atoms with Crippen LogP contribution < -0.4 is 0 Å². The van der Waals surface area contributed by atoms with Crippen molar-refractivity contribution >= 4 is 11.9 Å². The first-order valence-corrected chi connectivity index (χ1v) is 9.27. The highest BCUT2D eigenvalue weighted by molar-refractivity contribution is 5.86. The summed E-state index contributed by atoms with van der Waals surface area (Å²) in [6.45, 7) is 0. The second-order valence-electron chi connectivity index (χ2n) is 7.33. The van der Waals surface area contributed by atoms with Gasteiger partial charge in [0, 0.05) is 11.6 Å². The molecule has 7 heteroatoms. The molecule has 6 nitrogen and oxygen atoms in total. The van der Waals surface area contributed by atoms with Crippen molar-refractivity contribution in [2.45, 2.75) is 50.6 Å². The number of aliphatic carboxylic acids is 1. The number of hydrogen-bond acceptors (Lipinski definition) is 4. The van der Waals surface area contributed by atoms with E-state index in [2.05, 4.69) is 4.98 Å². The summed E-state index contributed by atoms with van der Waals surface area (Å²) in [5, 5.41) is 9.56. The van der Waals surface area contributed by atoms with Gasteiger partial charge in [-0.25, -0.2) is 14.2 Å². The number of benzene rings is 1. The summed E-state index contributed by atoms with van der Waals surface area (Å²) in [6, 6.07) is 5.00. The molecule has 0 spiro atoms. The highest BCUT2D eigenvalue weighted by atomic mass is 19.1. The maximum absolute atomic E-state index is 13.0. The molecule has 3 unspecified atom stereocenters. The van der Waals surface area contributed by atoms with Gasteiger partial charge in [-0.1, -0.05) is 12.8 Å². The first-order chi connectivity index (χ1) is 13.0. The Balaban J connectivity index is 1.51. The van der Waals surface area contributed by atoms with E-state index < -0.39 is 12.0 Å². The molecule has 2 aromatic rings. The second kappa shape index (κ2) is 7.13. The SMILES string of the molecule is O=C(O)C1CC2CCCCC2N1C(=O)Cc1coc(-c2ccc(F)cc2)n1. The van der Waals surface area contributed by atoms with Gasteiger partial charge in [0.05, 0.1) is 12.1 Å². The maximum Gasteiger partial charge on any atom is 0.326 e. The topological polar surface area (TPSA) is 83.6 Å². The smallest absolute Gasteiger partial charge is 0.326 e. The molecule has 3 atom stereocenters. The predicted molar refractivity (Wildman–Crippen MR) is 94.2 cm³/mol. The van der Waals surface area contributed by atoms with Crippen molar-refractivity contribution in [3.63, 3.8) is 0 Å². The van der Waals surface area contributed by atoms with Crippen LogP contribution in [-0.2, 0) is 16.0 Å². The van der Waals surface area contributed by atoms with Gasteiger partial charge in [0.25, 0.3) is 0 Å². The van der Waals surface area contributed by atoms with Crippen molar-refractivity contribution in [3.05, 3.63) is 42.0 Å². The number of carboxylic acid groups (broad SMARTS) is 1. The molecule has 1 aromatic heterocycles. The van der Waals surface area contributed by atoms with Crippen LogP contribution in [0.1, 0.15) is 37.8 Å². The largest absolute Gasteiger partial charge is 0.480 e. The molecule has 142 valence electrons. The number of halogens is 1. The summed E-state index contributed by atoms with van der Waals surface area (Å²) in [5.74, 6) is -0.933. The lowest BCUT2D eigenvalue weighted by molar-refractivity contribution is -0.149. The van der Waals surface area contributed by atoms with Crippen LogP contribution in [0.15, 0.2) is 34.9 Å². The molecule has 1 aliphatic carbocycles. The van der Waals surface area contributed by atoms with E-state index in [0.29, 0.717) is 23.6 Å². The summed E-state index contributed by atoms with van der Waals surface area (Å²) in [6.07, 6.45) is 5.90. The Bertz CT molecular complexity index is 848. The number of rotatable bonds is 4. The van der Waals surface area contributed by atoms with Crippen molar-refractivity contribution in [1.82, 2.24) is 9.88 Å². The van der Waals surface area contributed by atoms with Gasteiger partial charge in [-0.2, -0.15) is 0 Å². The van der Waals surface area contributed by atoms with E-state index >= 15 is 0 Å². The minimum atomic E-state index is -0.940. The van der Waals surface area contributed by atoms with Crippen LogP contribution in [0.5, 0.6) is 0 Å². The number of nitrogens with zero attached hydrogens (tertiary/aromatic N) is 2. The number of oxazole rings is 1. The summed E-state index contributed by atoms with van der Waals surface area (Å²) < 4.78 is 18.5. The Kier molecular flexibility index (Phi) is 4.68. The fourth-order valence-corrected chi connectivity index (χ4v) is 4.40. The fraction of sp³-hybridized carbons (Fsp3) is 0.450. The van der Waals surface area contributed by atoms with Crippen LogP contribution in [-0.4, -0.2) is 39.0 Å². The van der Waals surface area contributed by atoms with Crippen molar-refractivity contribution < 1.29 is 23.5 Å². The zero-order chi connectivity index (χ0) is 19.0. The first-order valence-electron chi connectivity index (χ1n) is 9.27. The molecular weight excluding hydrogens is 351 g/mol. The number of hydrogen-bond donors (Lipinski definition) is 1. The van der Waals surface area contributed by atoms with Gasteiger partial charge in [-0.15, -0.1) is 0 Å². The third-order valence-corrected chi connectivity index (χ3v) is 5.64. The van der Waals surface area contributed by atoms with Crippen LogP contribution >= 0.6 is 0 Å². The molecule has 1 amide bonds. The van der Waals surface area contributed by atoms with Gasteiger partial charge in [-0.05, 0) is 49.4 Å². The third kappa shape index (κ3) is 3.46. The molecule has 2 heterocycles. The monoisotopic (exact) mass is 372 g/mol. The van der Waals surface area contributed by atoms with E-state index in [9.17, 15) is 19.1 Å². The Morgan fingerprint density at radius 2 is 1.96 bits per heavy atom. The lowest BCUT2D eigenvalue weighted by atomic mass is 9.84. The van der Waals surface area contributed by atoms with Gasteiger partial charge >= 0.3 is 5.97 Å². The number of amides is 1. The van der Waals surface area contributed by atoms with Crippen LogP contribution in [0.3, 0.4) is 0 Å². The number of carboxylic acids is 1. The van der Waals surface area contributed by atoms with Crippen LogP contribution in [0.25, 0.3) is 11.5 Å². The summed E-state index contributed by atoms with van der Waals surface area (Å²) in [4.78, 5) is 30.5. The van der Waals surface area contributed by atoms with E-state index in [-0.39, 0.29) is 30.1 Å². The van der Waals surface area contributed by atoms with E-state index in [1.165, 1.54) is 18.4 Å². The van der Waals surface area contributed by atoms with Crippen molar-refractivity contribution in [2.75, 3.05) is 0 Å². The minimum Gasteiger partial charge on any atom is -0.480 e. The predicted octanol–water partition coefficient (Wildman–Crippen LogP) is 3.27. The van der Waals surface area contributed by atoms with Gasteiger partial charge in [-0.3, -0.25) is 4.79 Å². The number of likely N-dealkylation sites (tertiary alicyclic amines) is 1. The Morgan fingerprint density at radius 3 is 2.70 bits per heavy atom. The minimum absolute atomic E-state index is 0.00229. The number of carbonyl (C=O) groups excluding carboxylic acids is 1. The van der Waals surface area contributed by atoms with Gasteiger partial charge in [0.1, 0.15) is 18.1 Å². The van der Waals surface area contributed by atoms with Crippen LogP contribution in [0.2, 0.25) is 0 Å². The number of carbonyl (C=O) groups is 2. The molecule has 1 aromatic carbocycles. The summed E-state index contributed by atoms with van der Waals surface area (Å²) in [5.41, 5.74) is 1.06. The van der Waals surface area contributed by atoms with E-state index in [1.807, 2.05) is 0 Å². The molecule has 0 bridgehead atoms. The molecule has 27 heavy (non-hydrogen) atoms. The summed E-state index contributed by atoms with van der Waals surface area (Å²) in [7, 11) is 0. The summed E-state index contributed by atoms with van der Waals surface area (Å²) >= 11 is 0. The fourth-order valence-electron chi connectivity index (χ4n) is 4.40. The van der Waals surface area contributed by atoms with Crippen LogP contribution in [0.4, 0.5) is 4.39 Å². The molecule has 2 fully saturated rings. The lowest BCUT2D eigenvalue weighted by Gasteiger charge is -2.32. The molecule has 1 N–H and O–H groups in total. The quantitative estimate of drug-likeness (QED) is 0.891. The third-order valence-electron chi connectivity index (χ3n) is 5.64. The Labute approximate surface area is 156 Å². The molecular formula is C20H21FN2O4. The molecule has 2 aliphatic rings. The molecule has 0 radical (unpaired) electrons. The van der Waals surface area contributed by atoms with Gasteiger partial charge in [0.2, 0.25) is 11.8 Å². The standard InChI is InChI=1S/C20H21FN2O4/c21-14-7-5-12(6-8-14)19-22-15(11-27-19)10-18(24)23-16-4-2-1-3-13(16)9-17(23)20(25)26/h5-8,11,13,16-17H,1-4,9-10H2,(H,25,26). The molecule has 4 rings (SSSR count). The number of aromatic nitrogens is 1. The Morgan fingerprint density at radius 1 is 1.22 bits per heavy atom. The normalized spacial score (nSPS) is 24.6. The van der Waals surface area contributed by atoms with E-state index in [1.54, 1.807) is 17.0 Å². The van der Waals surface area contributed by atoms with Gasteiger partial charge in [0.15, 0.2) is 0 Å². The zero-order valence-corrected chi connectivity index (χ0v) is 14.8. The van der Waals surface area contributed by atoms with E-state index in [0.717, 1.165) is 25.7 Å². The van der Waals surface area contributed by atoms with Gasteiger partial charge < -0.3 is 14.4 Å². The molecule has 1 saturated heterocycles. The highest BCUT2D eigenvalue weighted by Crippen LogP contribution is 2.40. The van der Waals surface area contributed by atoms with Crippen molar-refractivity contribution in [3.8, 4) is 11.5 Å².